The molecule has 5 nitrogen and oxygen atoms in total. The van der Waals surface area contributed by atoms with Gasteiger partial charge in [0.25, 0.3) is 5.91 Å². The molecule has 1 saturated heterocycles. The van der Waals surface area contributed by atoms with Crippen LogP contribution < -0.4 is 5.32 Å². The van der Waals surface area contributed by atoms with Gasteiger partial charge in [0.15, 0.2) is 0 Å². The van der Waals surface area contributed by atoms with Crippen LogP contribution in [0, 0.1) is 11.7 Å². The molecule has 2 amide bonds. The van der Waals surface area contributed by atoms with Gasteiger partial charge in [0, 0.05) is 38.7 Å². The Bertz CT molecular complexity index is 749. The number of amides is 2. The van der Waals surface area contributed by atoms with Gasteiger partial charge in [-0.15, -0.1) is 0 Å². The van der Waals surface area contributed by atoms with Crippen LogP contribution >= 0.6 is 0 Å². The molecule has 31 heavy (non-hydrogen) atoms. The Morgan fingerprint density at radius 1 is 1.19 bits per heavy atom. The zero-order valence-electron chi connectivity index (χ0n) is 17.5. The van der Waals surface area contributed by atoms with Crippen molar-refractivity contribution in [2.24, 2.45) is 5.92 Å². The van der Waals surface area contributed by atoms with Crippen LogP contribution in [0.1, 0.15) is 41.6 Å². The average Bonchev–Trinajstić information content (AvgIpc) is 2.73. The number of hydrogen-bond acceptors (Lipinski definition) is 3. The molecule has 1 aromatic carbocycles. The van der Waals surface area contributed by atoms with E-state index in [2.05, 4.69) is 10.2 Å². The third-order valence-corrected chi connectivity index (χ3v) is 5.45. The van der Waals surface area contributed by atoms with Crippen molar-refractivity contribution in [1.82, 2.24) is 15.1 Å². The van der Waals surface area contributed by atoms with Crippen molar-refractivity contribution < 1.29 is 31.5 Å². The van der Waals surface area contributed by atoms with Crippen molar-refractivity contribution in [3.8, 4) is 0 Å². The van der Waals surface area contributed by atoms with Gasteiger partial charge >= 0.3 is 6.18 Å². The normalized spacial score (nSPS) is 15.7. The molecule has 1 fully saturated rings. The summed E-state index contributed by atoms with van der Waals surface area (Å²) in [5, 5.41) is 2.60. The molecule has 1 aliphatic rings. The number of carbonyl (C=O) groups is 2. The molecule has 0 atom stereocenters. The molecule has 0 radical (unpaired) electrons. The summed E-state index contributed by atoms with van der Waals surface area (Å²) in [6.07, 6.45) is -2.72. The van der Waals surface area contributed by atoms with Crippen LogP contribution in [0.5, 0.6) is 0 Å². The maximum absolute atomic E-state index is 13.5. The molecule has 174 valence electrons. The average molecular weight is 449 g/mol. The van der Waals surface area contributed by atoms with E-state index in [-0.39, 0.29) is 30.2 Å². The number of nitrogens with one attached hydrogen (secondary N) is 1. The predicted octanol–water partition coefficient (Wildman–Crippen LogP) is 3.49. The zero-order chi connectivity index (χ0) is 23.0. The number of likely N-dealkylation sites (N-methyl/N-ethyl adjacent to an activating group) is 1. The van der Waals surface area contributed by atoms with Crippen molar-refractivity contribution in [2.75, 3.05) is 46.4 Å². The summed E-state index contributed by atoms with van der Waals surface area (Å²) in [7, 11) is 1.69. The molecular weight excluding hydrogens is 421 g/mol. The van der Waals surface area contributed by atoms with E-state index in [0.29, 0.717) is 31.8 Å². The van der Waals surface area contributed by atoms with Crippen LogP contribution in [-0.2, 0) is 11.0 Å². The monoisotopic (exact) mass is 449 g/mol. The highest BCUT2D eigenvalue weighted by atomic mass is 19.4. The van der Waals surface area contributed by atoms with Crippen LogP contribution in [0.25, 0.3) is 0 Å². The van der Waals surface area contributed by atoms with Gasteiger partial charge in [-0.1, -0.05) is 0 Å². The molecule has 0 saturated carbocycles. The van der Waals surface area contributed by atoms with Crippen molar-refractivity contribution in [2.45, 2.75) is 31.9 Å². The van der Waals surface area contributed by atoms with Gasteiger partial charge in [0.05, 0.1) is 12.2 Å². The Hall–Kier alpha value is -2.23. The van der Waals surface area contributed by atoms with E-state index in [1.807, 2.05) is 0 Å². The minimum absolute atomic E-state index is 0.0822. The van der Waals surface area contributed by atoms with Crippen LogP contribution in [-0.4, -0.2) is 68.1 Å². The van der Waals surface area contributed by atoms with Crippen molar-refractivity contribution in [1.29, 1.82) is 0 Å². The molecule has 0 spiro atoms. The number of benzene rings is 1. The van der Waals surface area contributed by atoms with Crippen LogP contribution in [0.2, 0.25) is 0 Å². The Kier molecular flexibility index (Phi) is 9.21. The molecule has 0 aliphatic carbocycles. The summed E-state index contributed by atoms with van der Waals surface area (Å²) in [4.78, 5) is 27.8. The summed E-state index contributed by atoms with van der Waals surface area (Å²) < 4.78 is 64.0. The quantitative estimate of drug-likeness (QED) is 0.588. The maximum atomic E-state index is 13.5. The van der Waals surface area contributed by atoms with Gasteiger partial charge in [-0.3, -0.25) is 14.0 Å². The summed E-state index contributed by atoms with van der Waals surface area (Å²) in [6, 6.07) is 1.80. The Balaban J connectivity index is 1.74. The largest absolute Gasteiger partial charge is 0.416 e. The topological polar surface area (TPSA) is 52.6 Å². The number of likely N-dealkylation sites (tertiary alicyclic amines) is 1. The number of carbonyl (C=O) groups excluding carboxylic acids is 2. The van der Waals surface area contributed by atoms with Crippen molar-refractivity contribution >= 4 is 11.8 Å². The van der Waals surface area contributed by atoms with Crippen LogP contribution in [0.4, 0.5) is 22.0 Å². The van der Waals surface area contributed by atoms with Crippen LogP contribution in [0.15, 0.2) is 18.2 Å². The van der Waals surface area contributed by atoms with E-state index in [4.69, 9.17) is 0 Å². The molecule has 10 heteroatoms. The van der Waals surface area contributed by atoms with E-state index in [1.54, 1.807) is 11.9 Å². The number of nitrogens with zero attached hydrogens (tertiary/aromatic N) is 2. The van der Waals surface area contributed by atoms with E-state index in [9.17, 15) is 31.5 Å². The van der Waals surface area contributed by atoms with E-state index in [0.717, 1.165) is 32.0 Å². The van der Waals surface area contributed by atoms with Gasteiger partial charge in [-0.05, 0) is 56.5 Å². The first-order chi connectivity index (χ1) is 14.6. The molecule has 1 N–H and O–H groups in total. The van der Waals surface area contributed by atoms with E-state index < -0.39 is 30.1 Å². The highest BCUT2D eigenvalue weighted by Gasteiger charge is 2.32. The minimum atomic E-state index is -4.73. The standard InChI is InChI=1S/C21H28F5N3O2/c1-28(19(30)3-2-6-22)9-10-29-7-4-15(5-8-29)14-27-20(31)16-11-17(21(24,25)26)13-18(23)12-16/h11-13,15H,2-10,14H2,1H3,(H,27,31). The molecule has 0 bridgehead atoms. The summed E-state index contributed by atoms with van der Waals surface area (Å²) >= 11 is 0. The third-order valence-electron chi connectivity index (χ3n) is 5.45. The number of hydrogen-bond donors (Lipinski definition) is 1. The fourth-order valence-corrected chi connectivity index (χ4v) is 3.46. The van der Waals surface area contributed by atoms with Gasteiger partial charge < -0.3 is 15.1 Å². The lowest BCUT2D eigenvalue weighted by Crippen LogP contribution is -2.42. The lowest BCUT2D eigenvalue weighted by Gasteiger charge is -2.33. The van der Waals surface area contributed by atoms with Crippen LogP contribution in [0.3, 0.4) is 0 Å². The van der Waals surface area contributed by atoms with Gasteiger partial charge in [-0.25, -0.2) is 4.39 Å². The minimum Gasteiger partial charge on any atom is -0.352 e. The molecule has 2 rings (SSSR count). The molecule has 0 aromatic heterocycles. The highest BCUT2D eigenvalue weighted by Crippen LogP contribution is 2.30. The molecule has 1 heterocycles. The Morgan fingerprint density at radius 3 is 2.48 bits per heavy atom. The van der Waals surface area contributed by atoms with Crippen molar-refractivity contribution in [3.05, 3.63) is 35.1 Å². The maximum Gasteiger partial charge on any atom is 0.416 e. The fourth-order valence-electron chi connectivity index (χ4n) is 3.46. The summed E-state index contributed by atoms with van der Waals surface area (Å²) in [5.74, 6) is -1.76. The number of alkyl halides is 4. The predicted molar refractivity (Wildman–Crippen MR) is 106 cm³/mol. The summed E-state index contributed by atoms with van der Waals surface area (Å²) in [5.41, 5.74) is -1.55. The number of piperidine rings is 1. The smallest absolute Gasteiger partial charge is 0.352 e. The highest BCUT2D eigenvalue weighted by molar-refractivity contribution is 5.94. The van der Waals surface area contributed by atoms with E-state index in [1.165, 1.54) is 0 Å². The van der Waals surface area contributed by atoms with E-state index >= 15 is 0 Å². The lowest BCUT2D eigenvalue weighted by atomic mass is 9.96. The Morgan fingerprint density at radius 2 is 1.87 bits per heavy atom. The molecular formula is C21H28F5N3O2. The van der Waals surface area contributed by atoms with Gasteiger partial charge in [0.2, 0.25) is 5.91 Å². The van der Waals surface area contributed by atoms with Gasteiger partial charge in [-0.2, -0.15) is 13.2 Å². The summed E-state index contributed by atoms with van der Waals surface area (Å²) in [6.45, 7) is 2.57. The lowest BCUT2D eigenvalue weighted by molar-refractivity contribution is -0.137. The second kappa shape index (κ2) is 11.4. The second-order valence-corrected chi connectivity index (χ2v) is 7.83. The molecule has 1 aromatic rings. The Labute approximate surface area is 178 Å². The fraction of sp³-hybridized carbons (Fsp3) is 0.619. The third kappa shape index (κ3) is 8.08. The zero-order valence-corrected chi connectivity index (χ0v) is 17.5. The first kappa shape index (κ1) is 25.0. The first-order valence-corrected chi connectivity index (χ1v) is 10.3. The molecule has 0 unspecified atom stereocenters. The van der Waals surface area contributed by atoms with Gasteiger partial charge in [0.1, 0.15) is 5.82 Å². The second-order valence-electron chi connectivity index (χ2n) is 7.83. The SMILES string of the molecule is CN(CCN1CCC(CNC(=O)c2cc(F)cc(C(F)(F)F)c2)CC1)C(=O)CCCF. The number of rotatable bonds is 9. The first-order valence-electron chi connectivity index (χ1n) is 10.3. The molecule has 1 aliphatic heterocycles. The van der Waals surface area contributed by atoms with Crippen molar-refractivity contribution in [3.63, 3.8) is 0 Å². The number of halogens is 5.